The molecule has 0 radical (unpaired) electrons. The first-order chi connectivity index (χ1) is 6.80. The van der Waals surface area contributed by atoms with Gasteiger partial charge in [-0.15, -0.1) is 0 Å². The van der Waals surface area contributed by atoms with E-state index in [1.54, 1.807) is 30.1 Å². The molecule has 5 heteroatoms. The molecule has 0 aliphatic heterocycles. The molecule has 1 aromatic heterocycles. The lowest BCUT2D eigenvalue weighted by Gasteiger charge is -2.20. The molecular weight excluding hydrogens is 202 g/mol. The summed E-state index contributed by atoms with van der Waals surface area (Å²) in [7, 11) is 1.76. The molecule has 0 spiro atoms. The highest BCUT2D eigenvalue weighted by Crippen LogP contribution is 2.17. The molecule has 0 saturated carbocycles. The minimum atomic E-state index is -2.91. The van der Waals surface area contributed by atoms with Crippen molar-refractivity contribution in [1.82, 2.24) is 9.88 Å². The molecule has 1 heterocycles. The highest BCUT2D eigenvalue weighted by Gasteiger charge is 2.31. The Balaban J connectivity index is 2.64. The molecule has 1 N–H and O–H groups in total. The van der Waals surface area contributed by atoms with Gasteiger partial charge in [-0.1, -0.05) is 0 Å². The van der Waals surface area contributed by atoms with Gasteiger partial charge in [-0.2, -0.15) is 0 Å². The predicted molar refractivity (Wildman–Crippen MR) is 53.0 cm³/mol. The third-order valence-corrected chi connectivity index (χ3v) is 2.20. The summed E-state index contributed by atoms with van der Waals surface area (Å²) in [6.07, 6.45) is 3.26. The van der Waals surface area contributed by atoms with Crippen molar-refractivity contribution in [2.75, 3.05) is 0 Å². The van der Waals surface area contributed by atoms with Crippen molar-refractivity contribution in [3.63, 3.8) is 0 Å². The Morgan fingerprint density at radius 2 is 2.20 bits per heavy atom. The Labute approximate surface area is 87.1 Å². The van der Waals surface area contributed by atoms with Crippen molar-refractivity contribution in [1.29, 1.82) is 0 Å². The smallest absolute Gasteiger partial charge is 0.264 e. The molecule has 1 rings (SSSR count). The fourth-order valence-corrected chi connectivity index (χ4v) is 1.04. The Morgan fingerprint density at radius 3 is 2.60 bits per heavy atom. The molecule has 84 valence electrons. The average molecular weight is 216 g/mol. The molecule has 1 amide bonds. The van der Waals surface area contributed by atoms with E-state index >= 15 is 0 Å². The van der Waals surface area contributed by atoms with Gasteiger partial charge in [0.1, 0.15) is 0 Å². The first-order valence-electron chi connectivity index (χ1n) is 4.61. The number of rotatable bonds is 3. The van der Waals surface area contributed by atoms with Crippen molar-refractivity contribution in [3.8, 4) is 0 Å². The third-order valence-electron chi connectivity index (χ3n) is 2.20. The van der Waals surface area contributed by atoms with E-state index in [9.17, 15) is 13.6 Å². The van der Waals surface area contributed by atoms with Crippen molar-refractivity contribution in [2.24, 2.45) is 7.05 Å². The second-order valence-corrected chi connectivity index (χ2v) is 3.72. The Bertz CT molecular complexity index is 355. The van der Waals surface area contributed by atoms with Gasteiger partial charge in [-0.05, 0) is 13.0 Å². The number of halogens is 2. The molecule has 15 heavy (non-hydrogen) atoms. The summed E-state index contributed by atoms with van der Waals surface area (Å²) in [5.41, 5.74) is 0.383. The standard InChI is InChI=1S/C10H14F2N2O/c1-7(10(2,11)12)13-9(15)8-4-5-14(3)6-8/h4-7H,1-3H3,(H,13,15)/t7-/m1/s1. The summed E-state index contributed by atoms with van der Waals surface area (Å²) in [4.78, 5) is 11.5. The maximum atomic E-state index is 12.8. The van der Waals surface area contributed by atoms with Crippen molar-refractivity contribution >= 4 is 5.91 Å². The highest BCUT2D eigenvalue weighted by molar-refractivity contribution is 5.94. The van der Waals surface area contributed by atoms with Gasteiger partial charge in [0.15, 0.2) is 0 Å². The summed E-state index contributed by atoms with van der Waals surface area (Å²) in [5.74, 6) is -3.39. The van der Waals surface area contributed by atoms with Gasteiger partial charge >= 0.3 is 0 Å². The van der Waals surface area contributed by atoms with Gasteiger partial charge in [-0.3, -0.25) is 4.79 Å². The van der Waals surface area contributed by atoms with E-state index in [2.05, 4.69) is 5.32 Å². The number of alkyl halides is 2. The van der Waals surface area contributed by atoms with Gasteiger partial charge in [-0.25, -0.2) is 8.78 Å². The monoisotopic (exact) mass is 216 g/mol. The van der Waals surface area contributed by atoms with Crippen LogP contribution in [-0.2, 0) is 7.05 Å². The summed E-state index contributed by atoms with van der Waals surface area (Å²) >= 11 is 0. The van der Waals surface area contributed by atoms with Gasteiger partial charge in [0.25, 0.3) is 11.8 Å². The van der Waals surface area contributed by atoms with Gasteiger partial charge in [0.2, 0.25) is 0 Å². The lowest BCUT2D eigenvalue weighted by atomic mass is 10.2. The van der Waals surface area contributed by atoms with Crippen molar-refractivity contribution < 1.29 is 13.6 Å². The summed E-state index contributed by atoms with van der Waals surface area (Å²) in [6, 6.07) is 0.403. The fourth-order valence-electron chi connectivity index (χ4n) is 1.04. The number of carbonyl (C=O) groups is 1. The molecular formula is C10H14F2N2O. The zero-order chi connectivity index (χ0) is 11.6. The van der Waals surface area contributed by atoms with Crippen LogP contribution in [0.1, 0.15) is 24.2 Å². The van der Waals surface area contributed by atoms with Crippen LogP contribution in [0.4, 0.5) is 8.78 Å². The zero-order valence-corrected chi connectivity index (χ0v) is 8.92. The molecule has 0 saturated heterocycles. The summed E-state index contributed by atoms with van der Waals surface area (Å²) in [5, 5.41) is 2.25. The minimum absolute atomic E-state index is 0.383. The van der Waals surface area contributed by atoms with E-state index in [4.69, 9.17) is 0 Å². The topological polar surface area (TPSA) is 34.0 Å². The zero-order valence-electron chi connectivity index (χ0n) is 8.92. The quantitative estimate of drug-likeness (QED) is 0.821. The predicted octanol–water partition coefficient (Wildman–Crippen LogP) is 1.80. The Morgan fingerprint density at radius 1 is 1.60 bits per heavy atom. The minimum Gasteiger partial charge on any atom is -0.356 e. The Hall–Kier alpha value is -1.39. The van der Waals surface area contributed by atoms with Crippen LogP contribution in [0.15, 0.2) is 18.5 Å². The molecule has 1 atom stereocenters. The van der Waals surface area contributed by atoms with Crippen LogP contribution in [0, 0.1) is 0 Å². The first kappa shape index (κ1) is 11.7. The van der Waals surface area contributed by atoms with Crippen molar-refractivity contribution in [3.05, 3.63) is 24.0 Å². The van der Waals surface area contributed by atoms with Gasteiger partial charge < -0.3 is 9.88 Å². The molecule has 0 fully saturated rings. The molecule has 1 aromatic rings. The lowest BCUT2D eigenvalue weighted by molar-refractivity contribution is -0.0108. The number of aromatic nitrogens is 1. The fraction of sp³-hybridized carbons (Fsp3) is 0.500. The first-order valence-corrected chi connectivity index (χ1v) is 4.61. The molecule has 0 aromatic carbocycles. The van der Waals surface area contributed by atoms with Gasteiger partial charge in [0, 0.05) is 26.4 Å². The number of hydrogen-bond donors (Lipinski definition) is 1. The number of nitrogens with one attached hydrogen (secondary N) is 1. The highest BCUT2D eigenvalue weighted by atomic mass is 19.3. The maximum absolute atomic E-state index is 12.8. The normalized spacial score (nSPS) is 13.7. The number of nitrogens with zero attached hydrogens (tertiary/aromatic N) is 1. The third kappa shape index (κ3) is 3.04. The van der Waals surface area contributed by atoms with Crippen LogP contribution in [0.3, 0.4) is 0 Å². The number of hydrogen-bond acceptors (Lipinski definition) is 1. The second-order valence-electron chi connectivity index (χ2n) is 3.72. The van der Waals surface area contributed by atoms with Crippen LogP contribution in [0.25, 0.3) is 0 Å². The maximum Gasteiger partial charge on any atom is 0.264 e. The molecule has 0 aliphatic rings. The van der Waals surface area contributed by atoms with Crippen LogP contribution in [0.2, 0.25) is 0 Å². The number of amides is 1. The van der Waals surface area contributed by atoms with E-state index < -0.39 is 17.9 Å². The van der Waals surface area contributed by atoms with E-state index in [1.807, 2.05) is 0 Å². The molecule has 0 aliphatic carbocycles. The average Bonchev–Trinajstić information content (AvgIpc) is 2.50. The molecule has 0 bridgehead atoms. The van der Waals surface area contributed by atoms with Crippen molar-refractivity contribution in [2.45, 2.75) is 25.8 Å². The summed E-state index contributed by atoms with van der Waals surface area (Å²) < 4.78 is 27.2. The number of carbonyl (C=O) groups excluding carboxylic acids is 1. The lowest BCUT2D eigenvalue weighted by Crippen LogP contribution is -2.43. The number of aryl methyl sites for hydroxylation is 1. The summed E-state index contributed by atoms with van der Waals surface area (Å²) in [6.45, 7) is 2.06. The van der Waals surface area contributed by atoms with E-state index in [0.717, 1.165) is 6.92 Å². The Kier molecular flexibility index (Phi) is 3.12. The molecule has 0 unspecified atom stereocenters. The van der Waals surface area contributed by atoms with Crippen LogP contribution in [-0.4, -0.2) is 22.4 Å². The van der Waals surface area contributed by atoms with E-state index in [0.29, 0.717) is 5.56 Å². The van der Waals surface area contributed by atoms with Crippen LogP contribution in [0.5, 0.6) is 0 Å². The van der Waals surface area contributed by atoms with E-state index in [-0.39, 0.29) is 0 Å². The SMILES string of the molecule is C[C@@H](NC(=O)c1ccn(C)c1)C(C)(F)F. The largest absolute Gasteiger partial charge is 0.356 e. The van der Waals surface area contributed by atoms with Gasteiger partial charge in [0.05, 0.1) is 11.6 Å². The van der Waals surface area contributed by atoms with Crippen LogP contribution < -0.4 is 5.32 Å². The molecule has 3 nitrogen and oxygen atoms in total. The second kappa shape index (κ2) is 4.00. The van der Waals surface area contributed by atoms with E-state index in [1.165, 1.54) is 6.92 Å². The van der Waals surface area contributed by atoms with Crippen LogP contribution >= 0.6 is 0 Å².